The van der Waals surface area contributed by atoms with Crippen LogP contribution < -0.4 is 5.32 Å². The Morgan fingerprint density at radius 2 is 1.87 bits per heavy atom. The molecule has 0 aliphatic heterocycles. The van der Waals surface area contributed by atoms with E-state index in [1.54, 1.807) is 11.3 Å². The quantitative estimate of drug-likeness (QED) is 0.546. The fourth-order valence-corrected chi connectivity index (χ4v) is 3.41. The van der Waals surface area contributed by atoms with E-state index in [-0.39, 0.29) is 0 Å². The van der Waals surface area contributed by atoms with Crippen molar-refractivity contribution in [3.8, 4) is 10.6 Å². The molecule has 0 fully saturated rings. The lowest BCUT2D eigenvalue weighted by Gasteiger charge is -2.11. The Balaban J connectivity index is 1.93. The number of aryl methyl sites for hydroxylation is 2. The van der Waals surface area contributed by atoms with Crippen molar-refractivity contribution in [3.63, 3.8) is 0 Å². The standard InChI is InChI=1S/C19H17N3S/c1-13-9-10-17-21-18(16-8-5-11-23-16)19(22(17)12-13)20-15-7-4-3-6-14(15)2/h3-12,20H,1-2H3. The molecule has 0 saturated carbocycles. The van der Waals surface area contributed by atoms with Crippen LogP contribution in [0.2, 0.25) is 0 Å². The molecule has 1 aromatic carbocycles. The maximum absolute atomic E-state index is 4.83. The monoisotopic (exact) mass is 319 g/mol. The van der Waals surface area contributed by atoms with Crippen molar-refractivity contribution in [2.24, 2.45) is 0 Å². The summed E-state index contributed by atoms with van der Waals surface area (Å²) in [4.78, 5) is 6.00. The number of thiophene rings is 1. The van der Waals surface area contributed by atoms with Gasteiger partial charge in [-0.05, 0) is 48.6 Å². The van der Waals surface area contributed by atoms with Gasteiger partial charge in [0.05, 0.1) is 4.88 Å². The van der Waals surface area contributed by atoms with E-state index in [2.05, 4.69) is 83.7 Å². The maximum Gasteiger partial charge on any atom is 0.144 e. The number of benzene rings is 1. The number of imidazole rings is 1. The summed E-state index contributed by atoms with van der Waals surface area (Å²) in [6.45, 7) is 4.21. The Morgan fingerprint density at radius 3 is 2.65 bits per heavy atom. The molecule has 0 amide bonds. The molecule has 23 heavy (non-hydrogen) atoms. The number of para-hydroxylation sites is 1. The third-order valence-corrected chi connectivity index (χ3v) is 4.80. The van der Waals surface area contributed by atoms with Gasteiger partial charge in [-0.2, -0.15) is 0 Å². The second-order valence-corrected chi connectivity index (χ2v) is 6.61. The molecule has 0 spiro atoms. The zero-order valence-electron chi connectivity index (χ0n) is 13.1. The molecule has 3 nitrogen and oxygen atoms in total. The predicted octanol–water partition coefficient (Wildman–Crippen LogP) is 5.42. The first-order chi connectivity index (χ1) is 11.2. The molecule has 0 radical (unpaired) electrons. The molecule has 0 aliphatic rings. The number of nitrogens with zero attached hydrogens (tertiary/aromatic N) is 2. The molecule has 0 saturated heterocycles. The molecule has 0 aliphatic carbocycles. The Labute approximate surface area is 139 Å². The van der Waals surface area contributed by atoms with Crippen LogP contribution in [0.25, 0.3) is 16.2 Å². The van der Waals surface area contributed by atoms with E-state index < -0.39 is 0 Å². The van der Waals surface area contributed by atoms with Gasteiger partial charge in [0.1, 0.15) is 17.2 Å². The third kappa shape index (κ3) is 2.51. The van der Waals surface area contributed by atoms with E-state index in [1.165, 1.54) is 16.0 Å². The van der Waals surface area contributed by atoms with Gasteiger partial charge >= 0.3 is 0 Å². The minimum absolute atomic E-state index is 0.954. The summed E-state index contributed by atoms with van der Waals surface area (Å²) in [6, 6.07) is 16.7. The molecule has 3 aromatic heterocycles. The minimum Gasteiger partial charge on any atom is -0.339 e. The number of aromatic nitrogens is 2. The molecular weight excluding hydrogens is 302 g/mol. The third-order valence-electron chi connectivity index (χ3n) is 3.92. The van der Waals surface area contributed by atoms with Crippen molar-refractivity contribution in [3.05, 3.63) is 71.2 Å². The van der Waals surface area contributed by atoms with Gasteiger partial charge in [0.25, 0.3) is 0 Å². The Kier molecular flexibility index (Phi) is 3.39. The summed E-state index contributed by atoms with van der Waals surface area (Å²) in [5.41, 5.74) is 5.48. The zero-order valence-corrected chi connectivity index (χ0v) is 13.9. The lowest BCUT2D eigenvalue weighted by atomic mass is 10.2. The van der Waals surface area contributed by atoms with Crippen LogP contribution in [0.3, 0.4) is 0 Å². The number of pyridine rings is 1. The molecular formula is C19H17N3S. The van der Waals surface area contributed by atoms with Gasteiger partial charge < -0.3 is 5.32 Å². The summed E-state index contributed by atoms with van der Waals surface area (Å²) in [7, 11) is 0. The number of fused-ring (bicyclic) bond motifs is 1. The maximum atomic E-state index is 4.83. The van der Waals surface area contributed by atoms with Crippen LogP contribution in [-0.2, 0) is 0 Å². The lowest BCUT2D eigenvalue weighted by Crippen LogP contribution is -1.98. The molecule has 3 heterocycles. The van der Waals surface area contributed by atoms with E-state index in [0.717, 1.165) is 22.8 Å². The van der Waals surface area contributed by atoms with E-state index in [9.17, 15) is 0 Å². The zero-order chi connectivity index (χ0) is 15.8. The number of anilines is 2. The molecule has 4 aromatic rings. The summed E-state index contributed by atoms with van der Waals surface area (Å²) >= 11 is 1.71. The molecule has 0 unspecified atom stereocenters. The Hall–Kier alpha value is -2.59. The summed E-state index contributed by atoms with van der Waals surface area (Å²) < 4.78 is 2.14. The second-order valence-electron chi connectivity index (χ2n) is 5.66. The van der Waals surface area contributed by atoms with Crippen LogP contribution in [0.1, 0.15) is 11.1 Å². The minimum atomic E-state index is 0.954. The van der Waals surface area contributed by atoms with E-state index in [1.807, 2.05) is 0 Å². The number of hydrogen-bond acceptors (Lipinski definition) is 3. The molecule has 114 valence electrons. The van der Waals surface area contributed by atoms with Gasteiger partial charge in [-0.1, -0.05) is 30.3 Å². The van der Waals surface area contributed by atoms with E-state index in [4.69, 9.17) is 4.98 Å². The number of nitrogens with one attached hydrogen (secondary N) is 1. The van der Waals surface area contributed by atoms with Crippen molar-refractivity contribution in [1.82, 2.24) is 9.38 Å². The molecule has 0 atom stereocenters. The van der Waals surface area contributed by atoms with Crippen molar-refractivity contribution < 1.29 is 0 Å². The topological polar surface area (TPSA) is 29.3 Å². The van der Waals surface area contributed by atoms with Gasteiger partial charge in [0.15, 0.2) is 0 Å². The molecule has 4 heteroatoms. The normalized spacial score (nSPS) is 11.0. The van der Waals surface area contributed by atoms with Crippen molar-refractivity contribution in [2.75, 3.05) is 5.32 Å². The lowest BCUT2D eigenvalue weighted by molar-refractivity contribution is 1.15. The predicted molar refractivity (Wildman–Crippen MR) is 97.7 cm³/mol. The first-order valence-electron chi connectivity index (χ1n) is 7.57. The van der Waals surface area contributed by atoms with Gasteiger partial charge in [-0.15, -0.1) is 11.3 Å². The SMILES string of the molecule is Cc1ccc2nc(-c3cccs3)c(Nc3ccccc3C)n2c1. The Morgan fingerprint density at radius 1 is 1.00 bits per heavy atom. The van der Waals surface area contributed by atoms with Crippen LogP contribution in [0.4, 0.5) is 11.5 Å². The summed E-state index contributed by atoms with van der Waals surface area (Å²) in [5.74, 6) is 1.01. The fraction of sp³-hybridized carbons (Fsp3) is 0.105. The summed E-state index contributed by atoms with van der Waals surface area (Å²) in [5, 5.41) is 5.67. The number of rotatable bonds is 3. The second kappa shape index (κ2) is 5.56. The summed E-state index contributed by atoms with van der Waals surface area (Å²) in [6.07, 6.45) is 2.13. The van der Waals surface area contributed by atoms with E-state index >= 15 is 0 Å². The van der Waals surface area contributed by atoms with E-state index in [0.29, 0.717) is 0 Å². The van der Waals surface area contributed by atoms with Crippen molar-refractivity contribution in [1.29, 1.82) is 0 Å². The van der Waals surface area contributed by atoms with Gasteiger partial charge in [-0.3, -0.25) is 4.40 Å². The molecule has 1 N–H and O–H groups in total. The highest BCUT2D eigenvalue weighted by Crippen LogP contribution is 2.34. The van der Waals surface area contributed by atoms with Crippen LogP contribution in [0, 0.1) is 13.8 Å². The average Bonchev–Trinajstić information content (AvgIpc) is 3.18. The van der Waals surface area contributed by atoms with Crippen molar-refractivity contribution >= 4 is 28.5 Å². The van der Waals surface area contributed by atoms with Gasteiger partial charge in [0, 0.05) is 11.9 Å². The van der Waals surface area contributed by atoms with Crippen LogP contribution in [0.15, 0.2) is 60.1 Å². The smallest absolute Gasteiger partial charge is 0.144 e. The van der Waals surface area contributed by atoms with Gasteiger partial charge in [0.2, 0.25) is 0 Å². The first kappa shape index (κ1) is 14.0. The largest absolute Gasteiger partial charge is 0.339 e. The van der Waals surface area contributed by atoms with Crippen molar-refractivity contribution in [2.45, 2.75) is 13.8 Å². The average molecular weight is 319 g/mol. The van der Waals surface area contributed by atoms with Crippen LogP contribution in [0.5, 0.6) is 0 Å². The molecule has 0 bridgehead atoms. The molecule has 4 rings (SSSR count). The van der Waals surface area contributed by atoms with Crippen LogP contribution >= 0.6 is 11.3 Å². The highest BCUT2D eigenvalue weighted by molar-refractivity contribution is 7.13. The van der Waals surface area contributed by atoms with Crippen LogP contribution in [-0.4, -0.2) is 9.38 Å². The highest BCUT2D eigenvalue weighted by atomic mass is 32.1. The fourth-order valence-electron chi connectivity index (χ4n) is 2.70. The Bertz CT molecular complexity index is 968. The first-order valence-corrected chi connectivity index (χ1v) is 8.45. The highest BCUT2D eigenvalue weighted by Gasteiger charge is 2.15. The van der Waals surface area contributed by atoms with Gasteiger partial charge in [-0.25, -0.2) is 4.98 Å². The number of hydrogen-bond donors (Lipinski definition) is 1.